The van der Waals surface area contributed by atoms with E-state index in [2.05, 4.69) is 39.8 Å². The minimum atomic E-state index is -3.44. The van der Waals surface area contributed by atoms with Crippen molar-refractivity contribution >= 4 is 48.6 Å². The standard InChI is InChI=1S/C13H17BrN2O2S3/c1-9(2)15-6-10-5-13(20-8-10)21(17,18)16-7-12-11(14)3-4-19-12/h3-5,8-9,15-16H,6-7H2,1-2H3. The second-order valence-corrected chi connectivity index (χ2v) is 9.59. The first kappa shape index (κ1) is 17.1. The van der Waals surface area contributed by atoms with Gasteiger partial charge in [-0.15, -0.1) is 22.7 Å². The summed E-state index contributed by atoms with van der Waals surface area (Å²) < 4.78 is 28.4. The molecule has 0 saturated heterocycles. The van der Waals surface area contributed by atoms with Gasteiger partial charge in [0.1, 0.15) is 4.21 Å². The predicted molar refractivity (Wildman–Crippen MR) is 92.3 cm³/mol. The zero-order valence-electron chi connectivity index (χ0n) is 11.7. The van der Waals surface area contributed by atoms with Crippen molar-refractivity contribution in [2.24, 2.45) is 0 Å². The third kappa shape index (κ3) is 4.87. The van der Waals surface area contributed by atoms with Gasteiger partial charge in [0.05, 0.1) is 0 Å². The summed E-state index contributed by atoms with van der Waals surface area (Å²) in [6.45, 7) is 5.10. The Morgan fingerprint density at radius 2 is 2.05 bits per heavy atom. The molecule has 8 heteroatoms. The highest BCUT2D eigenvalue weighted by Crippen LogP contribution is 2.24. The normalized spacial score (nSPS) is 12.2. The monoisotopic (exact) mass is 408 g/mol. The molecule has 0 aliphatic carbocycles. The van der Waals surface area contributed by atoms with Crippen LogP contribution in [0.5, 0.6) is 0 Å². The Labute approximate surface area is 141 Å². The van der Waals surface area contributed by atoms with Gasteiger partial charge in [-0.1, -0.05) is 13.8 Å². The fourth-order valence-corrected chi connectivity index (χ4v) is 5.36. The van der Waals surface area contributed by atoms with Gasteiger partial charge in [0, 0.05) is 28.5 Å². The molecule has 2 aromatic rings. The first-order valence-electron chi connectivity index (χ1n) is 6.41. The molecule has 0 aromatic carbocycles. The van der Waals surface area contributed by atoms with Gasteiger partial charge >= 0.3 is 0 Å². The molecule has 0 spiro atoms. The largest absolute Gasteiger partial charge is 0.310 e. The molecule has 0 saturated carbocycles. The molecule has 0 fully saturated rings. The summed E-state index contributed by atoms with van der Waals surface area (Å²) in [6, 6.07) is 4.01. The second-order valence-electron chi connectivity index (χ2n) is 4.83. The summed E-state index contributed by atoms with van der Waals surface area (Å²) in [5.41, 5.74) is 0.992. The molecule has 0 amide bonds. The van der Waals surface area contributed by atoms with E-state index < -0.39 is 10.0 Å². The lowest BCUT2D eigenvalue weighted by atomic mass is 10.3. The number of sulfonamides is 1. The maximum Gasteiger partial charge on any atom is 0.250 e. The third-order valence-corrected chi connectivity index (χ3v) is 7.54. The van der Waals surface area contributed by atoms with E-state index in [9.17, 15) is 8.42 Å². The first-order valence-corrected chi connectivity index (χ1v) is 10.4. The Hall–Kier alpha value is -0.250. The van der Waals surface area contributed by atoms with Crippen molar-refractivity contribution in [1.82, 2.24) is 10.0 Å². The first-order chi connectivity index (χ1) is 9.88. The average Bonchev–Trinajstić information content (AvgIpc) is 3.03. The van der Waals surface area contributed by atoms with Crippen molar-refractivity contribution in [2.75, 3.05) is 0 Å². The molecular weight excluding hydrogens is 392 g/mol. The van der Waals surface area contributed by atoms with Crippen molar-refractivity contribution in [1.29, 1.82) is 0 Å². The highest BCUT2D eigenvalue weighted by molar-refractivity contribution is 9.10. The minimum absolute atomic E-state index is 0.304. The van der Waals surface area contributed by atoms with Crippen molar-refractivity contribution in [3.8, 4) is 0 Å². The molecule has 116 valence electrons. The van der Waals surface area contributed by atoms with Crippen LogP contribution in [0.25, 0.3) is 0 Å². The van der Waals surface area contributed by atoms with Gasteiger partial charge in [0.15, 0.2) is 0 Å². The van der Waals surface area contributed by atoms with Crippen molar-refractivity contribution in [2.45, 2.75) is 37.2 Å². The van der Waals surface area contributed by atoms with Crippen LogP contribution in [0.2, 0.25) is 0 Å². The Balaban J connectivity index is 2.01. The van der Waals surface area contributed by atoms with E-state index in [1.54, 1.807) is 6.07 Å². The summed E-state index contributed by atoms with van der Waals surface area (Å²) >= 11 is 6.17. The maximum absolute atomic E-state index is 12.3. The lowest BCUT2D eigenvalue weighted by Crippen LogP contribution is -2.22. The van der Waals surface area contributed by atoms with Gasteiger partial charge in [-0.2, -0.15) is 0 Å². The Morgan fingerprint density at radius 1 is 1.29 bits per heavy atom. The predicted octanol–water partition coefficient (Wildman–Crippen LogP) is 3.55. The van der Waals surface area contributed by atoms with Crippen LogP contribution in [0.15, 0.2) is 31.6 Å². The maximum atomic E-state index is 12.3. The Kier molecular flexibility index (Phi) is 5.98. The van der Waals surface area contributed by atoms with Gasteiger partial charge in [0.2, 0.25) is 10.0 Å². The molecule has 0 radical (unpaired) electrons. The van der Waals surface area contributed by atoms with Crippen LogP contribution in [-0.2, 0) is 23.1 Å². The number of nitrogens with one attached hydrogen (secondary N) is 2. The molecule has 0 aliphatic rings. The van der Waals surface area contributed by atoms with Crippen molar-refractivity contribution in [3.05, 3.63) is 37.8 Å². The van der Waals surface area contributed by atoms with E-state index in [-0.39, 0.29) is 0 Å². The SMILES string of the molecule is CC(C)NCc1csc(S(=O)(=O)NCc2sccc2Br)c1. The number of rotatable bonds is 7. The lowest BCUT2D eigenvalue weighted by molar-refractivity contribution is 0.582. The molecule has 2 N–H and O–H groups in total. The highest BCUT2D eigenvalue weighted by atomic mass is 79.9. The van der Waals surface area contributed by atoms with Crippen LogP contribution in [0.1, 0.15) is 24.3 Å². The molecule has 21 heavy (non-hydrogen) atoms. The highest BCUT2D eigenvalue weighted by Gasteiger charge is 2.17. The molecule has 0 atom stereocenters. The number of hydrogen-bond donors (Lipinski definition) is 2. The van der Waals surface area contributed by atoms with Gasteiger partial charge in [-0.05, 0) is 44.4 Å². The van der Waals surface area contributed by atoms with Crippen LogP contribution in [-0.4, -0.2) is 14.5 Å². The van der Waals surface area contributed by atoms with Crippen LogP contribution >= 0.6 is 38.6 Å². The van der Waals surface area contributed by atoms with E-state index in [0.29, 0.717) is 23.3 Å². The summed E-state index contributed by atoms with van der Waals surface area (Å²) in [5, 5.41) is 7.08. The van der Waals surface area contributed by atoms with Gasteiger partial charge in [0.25, 0.3) is 0 Å². The van der Waals surface area contributed by atoms with Gasteiger partial charge < -0.3 is 5.32 Å². The molecular formula is C13H17BrN2O2S3. The molecule has 2 rings (SSSR count). The van der Waals surface area contributed by atoms with Crippen LogP contribution in [0, 0.1) is 0 Å². The number of halogens is 1. The topological polar surface area (TPSA) is 58.2 Å². The van der Waals surface area contributed by atoms with Crippen LogP contribution in [0.3, 0.4) is 0 Å². The zero-order valence-corrected chi connectivity index (χ0v) is 15.8. The fourth-order valence-electron chi connectivity index (χ4n) is 1.59. The van der Waals surface area contributed by atoms with E-state index in [1.807, 2.05) is 16.8 Å². The quantitative estimate of drug-likeness (QED) is 0.736. The summed E-state index contributed by atoms with van der Waals surface area (Å²) in [7, 11) is -3.44. The van der Waals surface area contributed by atoms with Gasteiger partial charge in [-0.25, -0.2) is 13.1 Å². The van der Waals surface area contributed by atoms with E-state index >= 15 is 0 Å². The van der Waals surface area contributed by atoms with Crippen molar-refractivity contribution in [3.63, 3.8) is 0 Å². The average molecular weight is 409 g/mol. The van der Waals surface area contributed by atoms with Gasteiger partial charge in [-0.3, -0.25) is 0 Å². The van der Waals surface area contributed by atoms with E-state index in [1.165, 1.54) is 22.7 Å². The number of thiophene rings is 2. The minimum Gasteiger partial charge on any atom is -0.310 e. The number of hydrogen-bond acceptors (Lipinski definition) is 5. The fraction of sp³-hybridized carbons (Fsp3) is 0.385. The smallest absolute Gasteiger partial charge is 0.250 e. The summed E-state index contributed by atoms with van der Waals surface area (Å²) in [5.74, 6) is 0. The molecule has 4 nitrogen and oxygen atoms in total. The molecule has 2 aromatic heterocycles. The second kappa shape index (κ2) is 7.34. The third-order valence-electron chi connectivity index (χ3n) is 2.72. The van der Waals surface area contributed by atoms with E-state index in [4.69, 9.17) is 0 Å². The molecule has 2 heterocycles. The Morgan fingerprint density at radius 3 is 2.67 bits per heavy atom. The van der Waals surface area contributed by atoms with Crippen LogP contribution < -0.4 is 10.0 Å². The molecule has 0 unspecified atom stereocenters. The summed E-state index contributed by atoms with van der Waals surface area (Å²) in [6.07, 6.45) is 0. The van der Waals surface area contributed by atoms with Crippen LogP contribution in [0.4, 0.5) is 0 Å². The Bertz CT molecular complexity index is 692. The van der Waals surface area contributed by atoms with Crippen molar-refractivity contribution < 1.29 is 8.42 Å². The molecule has 0 aliphatic heterocycles. The lowest BCUT2D eigenvalue weighted by Gasteiger charge is -2.06. The van der Waals surface area contributed by atoms with E-state index in [0.717, 1.165) is 14.9 Å². The zero-order chi connectivity index (χ0) is 15.5. The summed E-state index contributed by atoms with van der Waals surface area (Å²) in [4.78, 5) is 0.969. The molecule has 0 bridgehead atoms.